The minimum atomic E-state index is 0.551. The Morgan fingerprint density at radius 3 is 2.60 bits per heavy atom. The molecule has 0 radical (unpaired) electrons. The number of ether oxygens (including phenoxy) is 2. The van der Waals surface area contributed by atoms with E-state index in [1.807, 2.05) is 25.1 Å². The van der Waals surface area contributed by atoms with Gasteiger partial charge in [0.2, 0.25) is 0 Å². The number of benzene rings is 1. The molecule has 5 heteroatoms. The van der Waals surface area contributed by atoms with Gasteiger partial charge in [-0.3, -0.25) is 0 Å². The van der Waals surface area contributed by atoms with Crippen molar-refractivity contribution in [2.45, 2.75) is 13.3 Å². The molecule has 0 spiro atoms. The highest BCUT2D eigenvalue weighted by Gasteiger charge is 2.18. The zero-order valence-corrected chi connectivity index (χ0v) is 12.5. The lowest BCUT2D eigenvalue weighted by Gasteiger charge is -2.10. The Bertz CT molecular complexity index is 671. The van der Waals surface area contributed by atoms with Crippen LogP contribution in [-0.4, -0.2) is 14.2 Å². The largest absolute Gasteiger partial charge is 0.497 e. The van der Waals surface area contributed by atoms with Crippen LogP contribution in [0.4, 0.5) is 5.69 Å². The van der Waals surface area contributed by atoms with Crippen molar-refractivity contribution < 1.29 is 9.47 Å². The van der Waals surface area contributed by atoms with Crippen molar-refractivity contribution in [3.05, 3.63) is 28.6 Å². The zero-order chi connectivity index (χ0) is 14.7. The van der Waals surface area contributed by atoms with E-state index < -0.39 is 0 Å². The van der Waals surface area contributed by atoms with E-state index in [4.69, 9.17) is 20.5 Å². The SMILES string of the molecule is CCc1c(-c2ccc(OC)cc2OC)sc(C#N)c1N. The summed E-state index contributed by atoms with van der Waals surface area (Å²) in [5.74, 6) is 1.44. The molecule has 2 aromatic rings. The second kappa shape index (κ2) is 5.85. The van der Waals surface area contributed by atoms with E-state index in [1.54, 1.807) is 14.2 Å². The van der Waals surface area contributed by atoms with Crippen molar-refractivity contribution in [2.75, 3.05) is 20.0 Å². The Morgan fingerprint density at radius 1 is 1.30 bits per heavy atom. The summed E-state index contributed by atoms with van der Waals surface area (Å²) in [6, 6.07) is 7.79. The number of hydrogen-bond donors (Lipinski definition) is 1. The maximum atomic E-state index is 9.14. The molecule has 104 valence electrons. The molecule has 4 nitrogen and oxygen atoms in total. The lowest BCUT2D eigenvalue weighted by Crippen LogP contribution is -1.93. The molecular weight excluding hydrogens is 272 g/mol. The maximum Gasteiger partial charge on any atom is 0.131 e. The first-order valence-electron chi connectivity index (χ1n) is 6.19. The Balaban J connectivity index is 2.65. The summed E-state index contributed by atoms with van der Waals surface area (Å²) in [7, 11) is 3.23. The van der Waals surface area contributed by atoms with Gasteiger partial charge in [0.15, 0.2) is 0 Å². The predicted molar refractivity (Wildman–Crippen MR) is 81.4 cm³/mol. The second-order valence-corrected chi connectivity index (χ2v) is 5.20. The Morgan fingerprint density at radius 2 is 2.05 bits per heavy atom. The quantitative estimate of drug-likeness (QED) is 0.935. The fourth-order valence-corrected chi connectivity index (χ4v) is 3.25. The molecule has 2 rings (SSSR count). The van der Waals surface area contributed by atoms with E-state index in [0.717, 1.165) is 28.2 Å². The van der Waals surface area contributed by atoms with Gasteiger partial charge in [-0.15, -0.1) is 11.3 Å². The molecule has 0 amide bonds. The lowest BCUT2D eigenvalue weighted by molar-refractivity contribution is 0.395. The van der Waals surface area contributed by atoms with Gasteiger partial charge < -0.3 is 15.2 Å². The van der Waals surface area contributed by atoms with Gasteiger partial charge in [0.25, 0.3) is 0 Å². The van der Waals surface area contributed by atoms with E-state index in [9.17, 15) is 0 Å². The molecule has 0 aliphatic heterocycles. The maximum absolute atomic E-state index is 9.14. The van der Waals surface area contributed by atoms with Crippen LogP contribution in [0.15, 0.2) is 18.2 Å². The highest BCUT2D eigenvalue weighted by atomic mass is 32.1. The summed E-state index contributed by atoms with van der Waals surface area (Å²) < 4.78 is 10.6. The van der Waals surface area contributed by atoms with Crippen molar-refractivity contribution in [2.24, 2.45) is 0 Å². The molecule has 1 aromatic carbocycles. The summed E-state index contributed by atoms with van der Waals surface area (Å²) in [4.78, 5) is 1.54. The van der Waals surface area contributed by atoms with E-state index in [0.29, 0.717) is 16.3 Å². The number of nitriles is 1. The van der Waals surface area contributed by atoms with Crippen LogP contribution < -0.4 is 15.2 Å². The van der Waals surface area contributed by atoms with Crippen LogP contribution in [0.25, 0.3) is 10.4 Å². The molecular formula is C15H16N2O2S. The number of anilines is 1. The molecule has 1 heterocycles. The van der Waals surface area contributed by atoms with E-state index >= 15 is 0 Å². The summed E-state index contributed by atoms with van der Waals surface area (Å²) in [5, 5.41) is 9.14. The van der Waals surface area contributed by atoms with Crippen molar-refractivity contribution in [3.8, 4) is 28.0 Å². The van der Waals surface area contributed by atoms with Gasteiger partial charge in [0.05, 0.1) is 19.9 Å². The van der Waals surface area contributed by atoms with Crippen LogP contribution in [0.2, 0.25) is 0 Å². The molecule has 2 N–H and O–H groups in total. The number of methoxy groups -OCH3 is 2. The van der Waals surface area contributed by atoms with Crippen molar-refractivity contribution >= 4 is 17.0 Å². The fraction of sp³-hybridized carbons (Fsp3) is 0.267. The summed E-state index contributed by atoms with van der Waals surface area (Å²) in [5.41, 5.74) is 8.54. The number of thiophene rings is 1. The predicted octanol–water partition coefficient (Wildman–Crippen LogP) is 3.45. The topological polar surface area (TPSA) is 68.3 Å². The van der Waals surface area contributed by atoms with Gasteiger partial charge >= 0.3 is 0 Å². The van der Waals surface area contributed by atoms with Gasteiger partial charge in [-0.1, -0.05) is 6.92 Å². The Labute approximate surface area is 122 Å². The molecule has 0 aliphatic rings. The number of rotatable bonds is 4. The normalized spacial score (nSPS) is 10.1. The third-order valence-electron chi connectivity index (χ3n) is 3.16. The van der Waals surface area contributed by atoms with Crippen LogP contribution in [-0.2, 0) is 6.42 Å². The molecule has 20 heavy (non-hydrogen) atoms. The monoisotopic (exact) mass is 288 g/mol. The van der Waals surface area contributed by atoms with Crippen LogP contribution in [0, 0.1) is 11.3 Å². The molecule has 0 saturated carbocycles. The highest BCUT2D eigenvalue weighted by molar-refractivity contribution is 7.16. The molecule has 0 aliphatic carbocycles. The van der Waals surface area contributed by atoms with Crippen LogP contribution in [0.3, 0.4) is 0 Å². The number of nitrogens with zero attached hydrogens (tertiary/aromatic N) is 1. The Kier molecular flexibility index (Phi) is 4.16. The van der Waals surface area contributed by atoms with Gasteiger partial charge in [-0.25, -0.2) is 0 Å². The molecule has 0 unspecified atom stereocenters. The first-order chi connectivity index (χ1) is 9.65. The first kappa shape index (κ1) is 14.2. The summed E-state index contributed by atoms with van der Waals surface area (Å²) >= 11 is 1.40. The summed E-state index contributed by atoms with van der Waals surface area (Å²) in [6.07, 6.45) is 0.772. The van der Waals surface area contributed by atoms with Gasteiger partial charge in [-0.2, -0.15) is 5.26 Å². The van der Waals surface area contributed by atoms with E-state index in [2.05, 4.69) is 6.07 Å². The minimum Gasteiger partial charge on any atom is -0.497 e. The molecule has 1 aromatic heterocycles. The Hall–Kier alpha value is -2.19. The number of nitrogens with two attached hydrogens (primary N) is 1. The average molecular weight is 288 g/mol. The van der Waals surface area contributed by atoms with Gasteiger partial charge in [-0.05, 0) is 24.1 Å². The van der Waals surface area contributed by atoms with Crippen LogP contribution in [0.1, 0.15) is 17.4 Å². The van der Waals surface area contributed by atoms with Crippen LogP contribution >= 0.6 is 11.3 Å². The minimum absolute atomic E-state index is 0.551. The van der Waals surface area contributed by atoms with E-state index in [1.165, 1.54) is 11.3 Å². The van der Waals surface area contributed by atoms with Crippen LogP contribution in [0.5, 0.6) is 11.5 Å². The lowest BCUT2D eigenvalue weighted by atomic mass is 10.0. The number of nitrogen functional groups attached to an aromatic ring is 1. The van der Waals surface area contributed by atoms with Crippen molar-refractivity contribution in [1.29, 1.82) is 5.26 Å². The standard InChI is InChI=1S/C15H16N2O2S/c1-4-10-14(17)13(8-16)20-15(10)11-6-5-9(18-2)7-12(11)19-3/h5-7H,4,17H2,1-3H3. The zero-order valence-electron chi connectivity index (χ0n) is 11.7. The fourth-order valence-electron chi connectivity index (χ4n) is 2.12. The van der Waals surface area contributed by atoms with Gasteiger partial charge in [0.1, 0.15) is 22.4 Å². The van der Waals surface area contributed by atoms with Crippen molar-refractivity contribution in [1.82, 2.24) is 0 Å². The third-order valence-corrected chi connectivity index (χ3v) is 4.34. The molecule has 0 fully saturated rings. The molecule has 0 atom stereocenters. The summed E-state index contributed by atoms with van der Waals surface area (Å²) in [6.45, 7) is 2.03. The smallest absolute Gasteiger partial charge is 0.131 e. The average Bonchev–Trinajstić information content (AvgIpc) is 2.82. The van der Waals surface area contributed by atoms with E-state index in [-0.39, 0.29) is 0 Å². The molecule has 0 bridgehead atoms. The molecule has 0 saturated heterocycles. The second-order valence-electron chi connectivity index (χ2n) is 4.18. The highest BCUT2D eigenvalue weighted by Crippen LogP contribution is 2.43. The third kappa shape index (κ3) is 2.30. The van der Waals surface area contributed by atoms with Crippen molar-refractivity contribution in [3.63, 3.8) is 0 Å². The van der Waals surface area contributed by atoms with Gasteiger partial charge in [0, 0.05) is 16.5 Å². The number of hydrogen-bond acceptors (Lipinski definition) is 5. The first-order valence-corrected chi connectivity index (χ1v) is 7.01.